The minimum absolute atomic E-state index is 0.274. The van der Waals surface area contributed by atoms with Crippen molar-refractivity contribution in [2.45, 2.75) is 63.8 Å². The van der Waals surface area contributed by atoms with Gasteiger partial charge < -0.3 is 20.5 Å². The molecule has 3 atom stereocenters. The third-order valence-corrected chi connectivity index (χ3v) is 4.07. The predicted octanol–water partition coefficient (Wildman–Crippen LogP) is 2.32. The molecule has 0 aromatic heterocycles. The number of rotatable bonds is 4. The molecule has 0 aliphatic carbocycles. The molecule has 0 bridgehead atoms. The maximum absolute atomic E-state index is 12.3. The topological polar surface area (TPSA) is 75.8 Å². The predicted molar refractivity (Wildman–Crippen MR) is 90.1 cm³/mol. The fourth-order valence-electron chi connectivity index (χ4n) is 2.99. The number of aliphatic hydroxyl groups excluding tert-OH is 1. The second kappa shape index (κ2) is 7.32. The number of carbonyl (C=O) groups excluding carboxylic acids is 1. The van der Waals surface area contributed by atoms with E-state index in [0.29, 0.717) is 13.0 Å². The number of nitrogens with two attached hydrogens (primary N) is 1. The largest absolute Gasteiger partial charge is 0.444 e. The first-order chi connectivity index (χ1) is 10.8. The first-order valence-corrected chi connectivity index (χ1v) is 8.25. The van der Waals surface area contributed by atoms with Crippen LogP contribution in [0, 0.1) is 0 Å². The van der Waals surface area contributed by atoms with Crippen LogP contribution in [0.5, 0.6) is 0 Å². The van der Waals surface area contributed by atoms with Gasteiger partial charge in [-0.2, -0.15) is 0 Å². The van der Waals surface area contributed by atoms with Crippen LogP contribution in [0.15, 0.2) is 30.3 Å². The van der Waals surface area contributed by atoms with Gasteiger partial charge in [0, 0.05) is 12.6 Å². The molecular formula is C18H28N2O3. The van der Waals surface area contributed by atoms with Crippen molar-refractivity contribution in [2.24, 2.45) is 5.73 Å². The minimum Gasteiger partial charge on any atom is -0.444 e. The van der Waals surface area contributed by atoms with Gasteiger partial charge in [-0.1, -0.05) is 30.3 Å². The molecule has 1 aliphatic heterocycles. The second-order valence-corrected chi connectivity index (χ2v) is 7.23. The van der Waals surface area contributed by atoms with E-state index in [2.05, 4.69) is 0 Å². The summed E-state index contributed by atoms with van der Waals surface area (Å²) in [6.45, 7) is 6.13. The Balaban J connectivity index is 1.99. The van der Waals surface area contributed by atoms with Gasteiger partial charge in [0.1, 0.15) is 5.60 Å². The molecule has 5 nitrogen and oxygen atoms in total. The van der Waals surface area contributed by atoms with Gasteiger partial charge in [-0.3, -0.25) is 0 Å². The van der Waals surface area contributed by atoms with E-state index in [1.165, 1.54) is 0 Å². The summed E-state index contributed by atoms with van der Waals surface area (Å²) in [6, 6.07) is 9.16. The van der Waals surface area contributed by atoms with Crippen LogP contribution in [0.3, 0.4) is 0 Å². The van der Waals surface area contributed by atoms with Crippen molar-refractivity contribution in [3.63, 3.8) is 0 Å². The smallest absolute Gasteiger partial charge is 0.410 e. The number of hydrogen-bond acceptors (Lipinski definition) is 4. The molecule has 1 aromatic rings. The van der Waals surface area contributed by atoms with Crippen molar-refractivity contribution in [2.75, 3.05) is 6.54 Å². The Morgan fingerprint density at radius 3 is 2.65 bits per heavy atom. The fourth-order valence-corrected chi connectivity index (χ4v) is 2.99. The lowest BCUT2D eigenvalue weighted by Gasteiger charge is -2.33. The Morgan fingerprint density at radius 2 is 2.04 bits per heavy atom. The summed E-state index contributed by atoms with van der Waals surface area (Å²) < 4.78 is 5.44. The van der Waals surface area contributed by atoms with Crippen molar-refractivity contribution in [1.29, 1.82) is 0 Å². The maximum atomic E-state index is 12.3. The SMILES string of the molecule is CC(C)(C)OC(=O)N1CCCC1C(O)C(N)Cc1ccccc1. The van der Waals surface area contributed by atoms with E-state index in [4.69, 9.17) is 10.5 Å². The number of amides is 1. The fraction of sp³-hybridized carbons (Fsp3) is 0.611. The highest BCUT2D eigenvalue weighted by Crippen LogP contribution is 2.25. The van der Waals surface area contributed by atoms with Crippen LogP contribution in [0.2, 0.25) is 0 Å². The number of nitrogens with zero attached hydrogens (tertiary/aromatic N) is 1. The van der Waals surface area contributed by atoms with Gasteiger partial charge in [0.25, 0.3) is 0 Å². The molecule has 128 valence electrons. The van der Waals surface area contributed by atoms with E-state index in [1.807, 2.05) is 51.1 Å². The van der Waals surface area contributed by atoms with Crippen molar-refractivity contribution < 1.29 is 14.6 Å². The Bertz CT molecular complexity index is 513. The average Bonchev–Trinajstić information content (AvgIpc) is 2.95. The van der Waals surface area contributed by atoms with E-state index in [9.17, 15) is 9.90 Å². The van der Waals surface area contributed by atoms with Gasteiger partial charge in [0.2, 0.25) is 0 Å². The Morgan fingerprint density at radius 1 is 1.39 bits per heavy atom. The summed E-state index contributed by atoms with van der Waals surface area (Å²) in [6.07, 6.45) is 1.07. The van der Waals surface area contributed by atoms with E-state index in [-0.39, 0.29) is 12.1 Å². The van der Waals surface area contributed by atoms with E-state index < -0.39 is 17.7 Å². The van der Waals surface area contributed by atoms with Crippen LogP contribution in [-0.2, 0) is 11.2 Å². The number of aliphatic hydroxyl groups is 1. The molecule has 1 aromatic carbocycles. The molecule has 3 N–H and O–H groups in total. The Kier molecular flexibility index (Phi) is 5.65. The van der Waals surface area contributed by atoms with Gasteiger partial charge in [-0.25, -0.2) is 4.79 Å². The van der Waals surface area contributed by atoms with E-state index in [1.54, 1.807) is 4.90 Å². The number of carbonyl (C=O) groups is 1. The molecule has 1 fully saturated rings. The highest BCUT2D eigenvalue weighted by Gasteiger charge is 2.38. The van der Waals surface area contributed by atoms with Crippen LogP contribution in [-0.4, -0.2) is 46.4 Å². The summed E-state index contributed by atoms with van der Waals surface area (Å²) in [5.74, 6) is 0. The molecule has 2 rings (SSSR count). The third kappa shape index (κ3) is 4.94. The Labute approximate surface area is 138 Å². The van der Waals surface area contributed by atoms with Crippen LogP contribution in [0.4, 0.5) is 4.79 Å². The molecule has 1 aliphatic rings. The van der Waals surface area contributed by atoms with Crippen molar-refractivity contribution in [3.05, 3.63) is 35.9 Å². The van der Waals surface area contributed by atoms with Crippen LogP contribution < -0.4 is 5.73 Å². The van der Waals surface area contributed by atoms with Gasteiger partial charge in [0.05, 0.1) is 12.1 Å². The van der Waals surface area contributed by atoms with E-state index in [0.717, 1.165) is 18.4 Å². The third-order valence-electron chi connectivity index (χ3n) is 4.07. The lowest BCUT2D eigenvalue weighted by molar-refractivity contribution is 0.000868. The second-order valence-electron chi connectivity index (χ2n) is 7.23. The average molecular weight is 320 g/mol. The number of benzene rings is 1. The summed E-state index contributed by atoms with van der Waals surface area (Å²) in [4.78, 5) is 13.9. The molecule has 1 heterocycles. The molecule has 23 heavy (non-hydrogen) atoms. The lowest BCUT2D eigenvalue weighted by Crippen LogP contribution is -2.52. The van der Waals surface area contributed by atoms with Crippen LogP contribution in [0.1, 0.15) is 39.2 Å². The van der Waals surface area contributed by atoms with Crippen molar-refractivity contribution >= 4 is 6.09 Å². The normalized spacial score (nSPS) is 21.1. The van der Waals surface area contributed by atoms with Gasteiger partial charge in [0.15, 0.2) is 0 Å². The highest BCUT2D eigenvalue weighted by molar-refractivity contribution is 5.69. The molecule has 0 radical (unpaired) electrons. The molecule has 1 amide bonds. The van der Waals surface area contributed by atoms with Crippen LogP contribution in [0.25, 0.3) is 0 Å². The van der Waals surface area contributed by atoms with Gasteiger partial charge >= 0.3 is 6.09 Å². The van der Waals surface area contributed by atoms with Crippen molar-refractivity contribution in [1.82, 2.24) is 4.90 Å². The summed E-state index contributed by atoms with van der Waals surface area (Å²) in [7, 11) is 0. The minimum atomic E-state index is -0.759. The molecular weight excluding hydrogens is 292 g/mol. The zero-order chi connectivity index (χ0) is 17.0. The first kappa shape index (κ1) is 17.8. The number of likely N-dealkylation sites (tertiary alicyclic amines) is 1. The first-order valence-electron chi connectivity index (χ1n) is 8.25. The summed E-state index contributed by atoms with van der Waals surface area (Å²) in [5.41, 5.74) is 6.73. The molecule has 0 spiro atoms. The number of ether oxygens (including phenoxy) is 1. The van der Waals surface area contributed by atoms with Gasteiger partial charge in [-0.05, 0) is 45.6 Å². The zero-order valence-corrected chi connectivity index (χ0v) is 14.2. The lowest BCUT2D eigenvalue weighted by atomic mass is 9.96. The van der Waals surface area contributed by atoms with Crippen molar-refractivity contribution in [3.8, 4) is 0 Å². The highest BCUT2D eigenvalue weighted by atomic mass is 16.6. The van der Waals surface area contributed by atoms with Gasteiger partial charge in [-0.15, -0.1) is 0 Å². The van der Waals surface area contributed by atoms with Crippen LogP contribution >= 0.6 is 0 Å². The summed E-state index contributed by atoms with van der Waals surface area (Å²) >= 11 is 0. The monoisotopic (exact) mass is 320 g/mol. The summed E-state index contributed by atoms with van der Waals surface area (Å²) in [5, 5.41) is 10.6. The Hall–Kier alpha value is -1.59. The molecule has 1 saturated heterocycles. The maximum Gasteiger partial charge on any atom is 0.410 e. The van der Waals surface area contributed by atoms with E-state index >= 15 is 0 Å². The molecule has 5 heteroatoms. The molecule has 0 saturated carbocycles. The number of hydrogen-bond donors (Lipinski definition) is 2. The quantitative estimate of drug-likeness (QED) is 0.892. The standard InChI is InChI=1S/C18H28N2O3/c1-18(2,3)23-17(22)20-11-7-10-15(20)16(21)14(19)12-13-8-5-4-6-9-13/h4-6,8-9,14-16,21H,7,10-12,19H2,1-3H3. The zero-order valence-electron chi connectivity index (χ0n) is 14.2. The molecule has 3 unspecified atom stereocenters.